The number of carboxylic acids is 1. The van der Waals surface area contributed by atoms with Crippen molar-refractivity contribution in [3.05, 3.63) is 0 Å². The zero-order valence-electron chi connectivity index (χ0n) is 9.79. The van der Waals surface area contributed by atoms with Gasteiger partial charge in [0, 0.05) is 0 Å². The molecular formula is C12H22O3. The summed E-state index contributed by atoms with van der Waals surface area (Å²) in [5, 5.41) is 9.33. The van der Waals surface area contributed by atoms with Crippen molar-refractivity contribution in [3.63, 3.8) is 0 Å². The summed E-state index contributed by atoms with van der Waals surface area (Å²) in [5.74, 6) is -0.773. The molecule has 1 atom stereocenters. The van der Waals surface area contributed by atoms with E-state index in [4.69, 9.17) is 4.74 Å². The zero-order valence-corrected chi connectivity index (χ0v) is 9.79. The van der Waals surface area contributed by atoms with Crippen molar-refractivity contribution >= 4 is 5.97 Å². The van der Waals surface area contributed by atoms with Gasteiger partial charge in [-0.3, -0.25) is 0 Å². The SMILES string of the molecule is CCC(C)OC1(C(=O)O)CCCCCC1. The summed E-state index contributed by atoms with van der Waals surface area (Å²) < 4.78 is 5.77. The fraction of sp³-hybridized carbons (Fsp3) is 0.917. The van der Waals surface area contributed by atoms with Crippen LogP contribution in [0.25, 0.3) is 0 Å². The topological polar surface area (TPSA) is 46.5 Å². The first-order chi connectivity index (χ1) is 7.10. The van der Waals surface area contributed by atoms with Gasteiger partial charge in [0.15, 0.2) is 5.60 Å². The van der Waals surface area contributed by atoms with Crippen molar-refractivity contribution < 1.29 is 14.6 Å². The van der Waals surface area contributed by atoms with Gasteiger partial charge in [0.2, 0.25) is 0 Å². The Labute approximate surface area is 91.8 Å². The van der Waals surface area contributed by atoms with Crippen LogP contribution in [0.5, 0.6) is 0 Å². The Bertz CT molecular complexity index is 205. The minimum absolute atomic E-state index is 0.0409. The van der Waals surface area contributed by atoms with Crippen LogP contribution in [-0.4, -0.2) is 22.8 Å². The fourth-order valence-electron chi connectivity index (χ4n) is 2.15. The van der Waals surface area contributed by atoms with Crippen LogP contribution in [0.3, 0.4) is 0 Å². The standard InChI is InChI=1S/C12H22O3/c1-3-10(2)15-12(11(13)14)8-6-4-5-7-9-12/h10H,3-9H2,1-2H3,(H,13,14). The monoisotopic (exact) mass is 214 g/mol. The number of hydrogen-bond acceptors (Lipinski definition) is 2. The number of ether oxygens (including phenoxy) is 1. The van der Waals surface area contributed by atoms with Gasteiger partial charge in [0.25, 0.3) is 0 Å². The fourth-order valence-corrected chi connectivity index (χ4v) is 2.15. The smallest absolute Gasteiger partial charge is 0.335 e. The molecule has 1 rings (SSSR count). The molecule has 88 valence electrons. The first-order valence-corrected chi connectivity index (χ1v) is 6.02. The van der Waals surface area contributed by atoms with Crippen molar-refractivity contribution in [2.75, 3.05) is 0 Å². The van der Waals surface area contributed by atoms with Crippen molar-refractivity contribution in [1.29, 1.82) is 0 Å². The van der Waals surface area contributed by atoms with Crippen LogP contribution in [-0.2, 0) is 9.53 Å². The molecule has 3 heteroatoms. The van der Waals surface area contributed by atoms with Crippen LogP contribution >= 0.6 is 0 Å². The van der Waals surface area contributed by atoms with E-state index >= 15 is 0 Å². The van der Waals surface area contributed by atoms with Crippen LogP contribution < -0.4 is 0 Å². The minimum atomic E-state index is -0.897. The van der Waals surface area contributed by atoms with Gasteiger partial charge < -0.3 is 9.84 Å². The van der Waals surface area contributed by atoms with Crippen LogP contribution in [0.1, 0.15) is 58.8 Å². The van der Waals surface area contributed by atoms with E-state index in [9.17, 15) is 9.90 Å². The molecule has 0 amide bonds. The lowest BCUT2D eigenvalue weighted by Crippen LogP contribution is -2.43. The number of rotatable bonds is 4. The second kappa shape index (κ2) is 5.50. The Morgan fingerprint density at radius 3 is 2.27 bits per heavy atom. The van der Waals surface area contributed by atoms with E-state index in [1.54, 1.807) is 0 Å². The van der Waals surface area contributed by atoms with E-state index in [2.05, 4.69) is 0 Å². The highest BCUT2D eigenvalue weighted by Gasteiger charge is 2.40. The highest BCUT2D eigenvalue weighted by molar-refractivity contribution is 5.77. The van der Waals surface area contributed by atoms with E-state index in [-0.39, 0.29) is 6.10 Å². The van der Waals surface area contributed by atoms with Crippen LogP contribution in [0.4, 0.5) is 0 Å². The van der Waals surface area contributed by atoms with Gasteiger partial charge in [-0.05, 0) is 39.0 Å². The van der Waals surface area contributed by atoms with Crippen LogP contribution in [0, 0.1) is 0 Å². The summed E-state index contributed by atoms with van der Waals surface area (Å²) in [6.07, 6.45) is 6.48. The lowest BCUT2D eigenvalue weighted by molar-refractivity contribution is -0.175. The van der Waals surface area contributed by atoms with Crippen molar-refractivity contribution in [2.24, 2.45) is 0 Å². The van der Waals surface area contributed by atoms with Crippen molar-refractivity contribution in [1.82, 2.24) is 0 Å². The van der Waals surface area contributed by atoms with Gasteiger partial charge in [-0.15, -0.1) is 0 Å². The van der Waals surface area contributed by atoms with E-state index in [0.717, 1.165) is 32.1 Å². The Kier molecular flexibility index (Phi) is 4.58. The molecule has 0 saturated heterocycles. The van der Waals surface area contributed by atoms with Gasteiger partial charge in [0.05, 0.1) is 6.10 Å². The van der Waals surface area contributed by atoms with Gasteiger partial charge in [0.1, 0.15) is 0 Å². The number of aliphatic carboxylic acids is 1. The summed E-state index contributed by atoms with van der Waals surface area (Å²) >= 11 is 0. The highest BCUT2D eigenvalue weighted by atomic mass is 16.5. The minimum Gasteiger partial charge on any atom is -0.479 e. The zero-order chi connectivity index (χ0) is 11.3. The number of carbonyl (C=O) groups is 1. The summed E-state index contributed by atoms with van der Waals surface area (Å²) in [7, 11) is 0. The second-order valence-electron chi connectivity index (χ2n) is 4.55. The largest absolute Gasteiger partial charge is 0.479 e. The molecule has 0 aliphatic heterocycles. The molecule has 1 fully saturated rings. The molecule has 0 aromatic carbocycles. The number of carboxylic acid groups (broad SMARTS) is 1. The molecule has 0 heterocycles. The van der Waals surface area contributed by atoms with Gasteiger partial charge >= 0.3 is 5.97 Å². The molecule has 0 bridgehead atoms. The maximum atomic E-state index is 11.4. The van der Waals surface area contributed by atoms with Gasteiger partial charge in [-0.2, -0.15) is 0 Å². The molecular weight excluding hydrogens is 192 g/mol. The lowest BCUT2D eigenvalue weighted by atomic mass is 9.94. The normalized spacial score (nSPS) is 23.1. The summed E-state index contributed by atoms with van der Waals surface area (Å²) in [5.41, 5.74) is -0.897. The third-order valence-electron chi connectivity index (χ3n) is 3.30. The average molecular weight is 214 g/mol. The van der Waals surface area contributed by atoms with Gasteiger partial charge in [-0.25, -0.2) is 4.79 Å². The highest BCUT2D eigenvalue weighted by Crippen LogP contribution is 2.32. The van der Waals surface area contributed by atoms with E-state index in [1.165, 1.54) is 0 Å². The Morgan fingerprint density at radius 2 is 1.87 bits per heavy atom. The molecule has 1 aliphatic rings. The van der Waals surface area contributed by atoms with Crippen LogP contribution in [0.2, 0.25) is 0 Å². The molecule has 1 N–H and O–H groups in total. The van der Waals surface area contributed by atoms with Gasteiger partial charge in [-0.1, -0.05) is 19.8 Å². The van der Waals surface area contributed by atoms with Crippen molar-refractivity contribution in [2.45, 2.75) is 70.5 Å². The maximum Gasteiger partial charge on any atom is 0.335 e. The molecule has 1 aliphatic carbocycles. The van der Waals surface area contributed by atoms with Crippen LogP contribution in [0.15, 0.2) is 0 Å². The molecule has 1 unspecified atom stereocenters. The van der Waals surface area contributed by atoms with E-state index in [0.29, 0.717) is 12.8 Å². The Hall–Kier alpha value is -0.570. The Balaban J connectivity index is 2.71. The molecule has 0 spiro atoms. The molecule has 0 radical (unpaired) electrons. The first-order valence-electron chi connectivity index (χ1n) is 6.02. The molecule has 3 nitrogen and oxygen atoms in total. The molecule has 15 heavy (non-hydrogen) atoms. The summed E-state index contributed by atoms with van der Waals surface area (Å²) in [6.45, 7) is 3.98. The molecule has 0 aromatic rings. The summed E-state index contributed by atoms with van der Waals surface area (Å²) in [4.78, 5) is 11.4. The third kappa shape index (κ3) is 3.20. The first kappa shape index (κ1) is 12.5. The number of hydrogen-bond donors (Lipinski definition) is 1. The maximum absolute atomic E-state index is 11.4. The Morgan fingerprint density at radius 1 is 1.33 bits per heavy atom. The predicted octanol–water partition coefficient (Wildman–Crippen LogP) is 2.98. The summed E-state index contributed by atoms with van der Waals surface area (Å²) in [6, 6.07) is 0. The van der Waals surface area contributed by atoms with Crippen molar-refractivity contribution in [3.8, 4) is 0 Å². The predicted molar refractivity (Wildman–Crippen MR) is 58.9 cm³/mol. The molecule has 0 aromatic heterocycles. The average Bonchev–Trinajstić information content (AvgIpc) is 2.44. The lowest BCUT2D eigenvalue weighted by Gasteiger charge is -2.31. The van der Waals surface area contributed by atoms with E-state index < -0.39 is 11.6 Å². The second-order valence-corrected chi connectivity index (χ2v) is 4.55. The molecule has 1 saturated carbocycles. The van der Waals surface area contributed by atoms with E-state index in [1.807, 2.05) is 13.8 Å². The third-order valence-corrected chi connectivity index (χ3v) is 3.30. The quantitative estimate of drug-likeness (QED) is 0.732.